The van der Waals surface area contributed by atoms with Gasteiger partial charge in [0.25, 0.3) is 0 Å². The highest BCUT2D eigenvalue weighted by Gasteiger charge is 2.33. The molecule has 1 aromatic rings. The standard InChI is InChI=1S/C16H22N2O3/c1-16(9-5-10-16)17-15(21)18(2)11-8-12-6-3-4-7-13(12)14(19)20/h3-4,6-7H,5,8-11H2,1-2H3,(H,17,21)(H,19,20). The van der Waals surface area contributed by atoms with Crippen LogP contribution in [0.1, 0.15) is 42.1 Å². The largest absolute Gasteiger partial charge is 0.478 e. The number of hydrogen-bond acceptors (Lipinski definition) is 2. The van der Waals surface area contributed by atoms with Gasteiger partial charge in [-0.2, -0.15) is 0 Å². The molecule has 1 aliphatic rings. The quantitative estimate of drug-likeness (QED) is 0.875. The molecule has 5 nitrogen and oxygen atoms in total. The smallest absolute Gasteiger partial charge is 0.335 e. The van der Waals surface area contributed by atoms with Crippen LogP contribution in [0.2, 0.25) is 0 Å². The summed E-state index contributed by atoms with van der Waals surface area (Å²) in [6.07, 6.45) is 3.73. The number of carbonyl (C=O) groups is 2. The Labute approximate surface area is 125 Å². The number of nitrogens with zero attached hydrogens (tertiary/aromatic N) is 1. The van der Waals surface area contributed by atoms with Crippen LogP contribution in [0.4, 0.5) is 4.79 Å². The van der Waals surface area contributed by atoms with E-state index < -0.39 is 5.97 Å². The van der Waals surface area contributed by atoms with Gasteiger partial charge in [0.1, 0.15) is 0 Å². The van der Waals surface area contributed by atoms with E-state index in [-0.39, 0.29) is 11.6 Å². The first-order valence-corrected chi connectivity index (χ1v) is 7.26. The second-order valence-electron chi connectivity index (χ2n) is 5.98. The molecule has 2 N–H and O–H groups in total. The lowest BCUT2D eigenvalue weighted by Gasteiger charge is -2.40. The van der Waals surface area contributed by atoms with Crippen molar-refractivity contribution in [1.29, 1.82) is 0 Å². The highest BCUT2D eigenvalue weighted by Crippen LogP contribution is 2.30. The molecule has 0 spiro atoms. The fourth-order valence-corrected chi connectivity index (χ4v) is 2.52. The summed E-state index contributed by atoms with van der Waals surface area (Å²) >= 11 is 0. The maximum absolute atomic E-state index is 12.1. The van der Waals surface area contributed by atoms with Crippen molar-refractivity contribution in [2.45, 2.75) is 38.1 Å². The Hall–Kier alpha value is -2.04. The third-order valence-corrected chi connectivity index (χ3v) is 4.18. The number of nitrogens with one attached hydrogen (secondary N) is 1. The number of carbonyl (C=O) groups excluding carboxylic acids is 1. The zero-order valence-corrected chi connectivity index (χ0v) is 12.6. The Balaban J connectivity index is 1.90. The van der Waals surface area contributed by atoms with E-state index in [0.29, 0.717) is 18.5 Å². The summed E-state index contributed by atoms with van der Waals surface area (Å²) < 4.78 is 0. The molecule has 0 unspecified atom stereocenters. The van der Waals surface area contributed by atoms with Gasteiger partial charge in [0.2, 0.25) is 0 Å². The molecule has 0 saturated heterocycles. The minimum Gasteiger partial charge on any atom is -0.478 e. The maximum atomic E-state index is 12.1. The summed E-state index contributed by atoms with van der Waals surface area (Å²) in [6.45, 7) is 2.55. The average Bonchev–Trinajstić information content (AvgIpc) is 2.43. The van der Waals surface area contributed by atoms with Crippen LogP contribution < -0.4 is 5.32 Å². The molecule has 0 heterocycles. The van der Waals surface area contributed by atoms with Gasteiger partial charge < -0.3 is 15.3 Å². The number of carboxylic acids is 1. The number of urea groups is 1. The molecule has 2 rings (SSSR count). The Morgan fingerprint density at radius 2 is 2.00 bits per heavy atom. The van der Waals surface area contributed by atoms with Crippen molar-refractivity contribution >= 4 is 12.0 Å². The molecule has 114 valence electrons. The van der Waals surface area contributed by atoms with Crippen LogP contribution in [-0.4, -0.2) is 41.1 Å². The third-order valence-electron chi connectivity index (χ3n) is 4.18. The highest BCUT2D eigenvalue weighted by atomic mass is 16.4. The van der Waals surface area contributed by atoms with Crippen molar-refractivity contribution in [3.8, 4) is 0 Å². The van der Waals surface area contributed by atoms with Crippen molar-refractivity contribution < 1.29 is 14.7 Å². The summed E-state index contributed by atoms with van der Waals surface area (Å²) in [4.78, 5) is 24.8. The normalized spacial score (nSPS) is 15.9. The van der Waals surface area contributed by atoms with Gasteiger partial charge in [-0.25, -0.2) is 9.59 Å². The number of hydrogen-bond donors (Lipinski definition) is 2. The first kappa shape index (κ1) is 15.4. The van der Waals surface area contributed by atoms with Crippen molar-refractivity contribution in [2.24, 2.45) is 0 Å². The van der Waals surface area contributed by atoms with E-state index in [1.165, 1.54) is 0 Å². The van der Waals surface area contributed by atoms with Gasteiger partial charge in [0, 0.05) is 19.1 Å². The summed E-state index contributed by atoms with van der Waals surface area (Å²) in [5.74, 6) is -0.931. The van der Waals surface area contributed by atoms with Crippen molar-refractivity contribution in [2.75, 3.05) is 13.6 Å². The molecule has 0 bridgehead atoms. The van der Waals surface area contributed by atoms with Crippen LogP contribution in [0.3, 0.4) is 0 Å². The Morgan fingerprint density at radius 3 is 2.57 bits per heavy atom. The van der Waals surface area contributed by atoms with Crippen LogP contribution in [0, 0.1) is 0 Å². The molecular formula is C16H22N2O3. The monoisotopic (exact) mass is 290 g/mol. The van der Waals surface area contributed by atoms with E-state index >= 15 is 0 Å². The molecule has 1 aliphatic carbocycles. The SMILES string of the molecule is CN(CCc1ccccc1C(=O)O)C(=O)NC1(C)CCC1. The lowest BCUT2D eigenvalue weighted by Crippen LogP contribution is -2.54. The third kappa shape index (κ3) is 3.74. The topological polar surface area (TPSA) is 69.6 Å². The van der Waals surface area contributed by atoms with Crippen LogP contribution in [-0.2, 0) is 6.42 Å². The second kappa shape index (κ2) is 6.16. The number of benzene rings is 1. The van der Waals surface area contributed by atoms with E-state index in [4.69, 9.17) is 5.11 Å². The van der Waals surface area contributed by atoms with Crippen LogP contribution >= 0.6 is 0 Å². The molecule has 0 radical (unpaired) electrons. The first-order valence-electron chi connectivity index (χ1n) is 7.26. The predicted octanol–water partition coefficient (Wildman–Crippen LogP) is 2.51. The van der Waals surface area contributed by atoms with Gasteiger partial charge in [0.15, 0.2) is 0 Å². The summed E-state index contributed by atoms with van der Waals surface area (Å²) in [5.41, 5.74) is 0.987. The number of carboxylic acid groups (broad SMARTS) is 1. The van der Waals surface area contributed by atoms with Gasteiger partial charge in [-0.15, -0.1) is 0 Å². The molecule has 1 aromatic carbocycles. The van der Waals surface area contributed by atoms with Gasteiger partial charge in [-0.3, -0.25) is 0 Å². The van der Waals surface area contributed by atoms with E-state index in [9.17, 15) is 9.59 Å². The fraction of sp³-hybridized carbons (Fsp3) is 0.500. The van der Waals surface area contributed by atoms with Crippen molar-refractivity contribution in [3.63, 3.8) is 0 Å². The van der Waals surface area contributed by atoms with Crippen molar-refractivity contribution in [3.05, 3.63) is 35.4 Å². The second-order valence-corrected chi connectivity index (χ2v) is 5.98. The number of rotatable bonds is 5. The summed E-state index contributed by atoms with van der Waals surface area (Å²) in [6, 6.07) is 6.82. The van der Waals surface area contributed by atoms with E-state index in [1.54, 1.807) is 30.1 Å². The molecule has 2 amide bonds. The molecular weight excluding hydrogens is 268 g/mol. The van der Waals surface area contributed by atoms with E-state index in [0.717, 1.165) is 24.8 Å². The zero-order valence-electron chi connectivity index (χ0n) is 12.6. The molecule has 0 aliphatic heterocycles. The first-order chi connectivity index (χ1) is 9.91. The number of likely N-dealkylation sites (N-methyl/N-ethyl adjacent to an activating group) is 1. The molecule has 0 aromatic heterocycles. The minimum absolute atomic E-state index is 0.0652. The highest BCUT2D eigenvalue weighted by molar-refractivity contribution is 5.89. The van der Waals surface area contributed by atoms with Crippen LogP contribution in [0.5, 0.6) is 0 Å². The zero-order chi connectivity index (χ0) is 15.5. The lowest BCUT2D eigenvalue weighted by molar-refractivity contribution is 0.0695. The Bertz CT molecular complexity index is 538. The van der Waals surface area contributed by atoms with Gasteiger partial charge in [0.05, 0.1) is 5.56 Å². The summed E-state index contributed by atoms with van der Waals surface area (Å²) in [5, 5.41) is 12.2. The predicted molar refractivity (Wildman–Crippen MR) is 80.5 cm³/mol. The van der Waals surface area contributed by atoms with Gasteiger partial charge in [-0.05, 0) is 44.2 Å². The average molecular weight is 290 g/mol. The molecule has 1 fully saturated rings. The van der Waals surface area contributed by atoms with Gasteiger partial charge >= 0.3 is 12.0 Å². The van der Waals surface area contributed by atoms with Crippen LogP contribution in [0.25, 0.3) is 0 Å². The number of amides is 2. The van der Waals surface area contributed by atoms with Crippen LogP contribution in [0.15, 0.2) is 24.3 Å². The molecule has 1 saturated carbocycles. The minimum atomic E-state index is -0.931. The number of aromatic carboxylic acids is 1. The van der Waals surface area contributed by atoms with Crippen molar-refractivity contribution in [1.82, 2.24) is 10.2 Å². The lowest BCUT2D eigenvalue weighted by atomic mass is 9.79. The fourth-order valence-electron chi connectivity index (χ4n) is 2.52. The summed E-state index contributed by atoms with van der Waals surface area (Å²) in [7, 11) is 1.74. The molecule has 21 heavy (non-hydrogen) atoms. The Kier molecular flexibility index (Phi) is 4.50. The van der Waals surface area contributed by atoms with Gasteiger partial charge in [-0.1, -0.05) is 18.2 Å². The molecule has 0 atom stereocenters. The molecule has 5 heteroatoms. The maximum Gasteiger partial charge on any atom is 0.335 e. The Morgan fingerprint density at radius 1 is 1.33 bits per heavy atom. The van der Waals surface area contributed by atoms with E-state index in [2.05, 4.69) is 12.2 Å². The van der Waals surface area contributed by atoms with E-state index in [1.807, 2.05) is 6.07 Å².